The number of allylic oxidation sites excluding steroid dienone is 1. The lowest BCUT2D eigenvalue weighted by Gasteiger charge is -2.36. The summed E-state index contributed by atoms with van der Waals surface area (Å²) < 4.78 is 105. The summed E-state index contributed by atoms with van der Waals surface area (Å²) in [7, 11) is -5.56. The second-order valence-corrected chi connectivity index (χ2v) is 13.6. The molecule has 1 aromatic rings. The van der Waals surface area contributed by atoms with Gasteiger partial charge in [0, 0.05) is 33.1 Å². The fourth-order valence-corrected chi connectivity index (χ4v) is 6.72. The van der Waals surface area contributed by atoms with Crippen molar-refractivity contribution in [1.29, 1.82) is 0 Å². The summed E-state index contributed by atoms with van der Waals surface area (Å²) in [5.41, 5.74) is -4.91. The van der Waals surface area contributed by atoms with Crippen LogP contribution in [0.25, 0.3) is 0 Å². The number of carboxylic acid groups (broad SMARTS) is 1. The van der Waals surface area contributed by atoms with Crippen LogP contribution in [0, 0.1) is 0 Å². The molecule has 2 aliphatic rings. The van der Waals surface area contributed by atoms with Crippen LogP contribution in [0.5, 0.6) is 5.75 Å². The van der Waals surface area contributed by atoms with Gasteiger partial charge in [-0.2, -0.15) is 38.6 Å². The number of likely N-dealkylation sites (tertiary alicyclic amines) is 1. The third-order valence-electron chi connectivity index (χ3n) is 7.03. The first-order valence-corrected chi connectivity index (χ1v) is 15.4. The molecular formula is C24H34F3N3O9S2. The standard InChI is InChI=1S/C24H34F3N3O9S2/c1-16-13-21(29(41(35,36)28(2)3)14-17-5-7-18(37-4)8-6-17)22(30(16)23(31)32)15-38-19-9-11-20(12-10-19)39-40(33,34)24(25,26)27/h5-8,11,16,19,21-22H,9-10,12-15H2,1-4H3,(H,31,32)/t16-,19?,21+,22+/m1/s1. The quantitative estimate of drug-likeness (QED) is 0.289. The van der Waals surface area contributed by atoms with E-state index in [1.165, 1.54) is 31.6 Å². The van der Waals surface area contributed by atoms with Gasteiger partial charge >= 0.3 is 21.7 Å². The van der Waals surface area contributed by atoms with Gasteiger partial charge in [-0.1, -0.05) is 12.1 Å². The minimum absolute atomic E-state index is 0.0221. The van der Waals surface area contributed by atoms with Gasteiger partial charge in [-0.25, -0.2) is 4.79 Å². The molecule has 17 heteroatoms. The van der Waals surface area contributed by atoms with E-state index >= 15 is 0 Å². The van der Waals surface area contributed by atoms with E-state index in [0.717, 1.165) is 9.21 Å². The van der Waals surface area contributed by atoms with E-state index in [1.807, 2.05) is 0 Å². The van der Waals surface area contributed by atoms with Crippen molar-refractivity contribution in [2.45, 2.75) is 68.9 Å². The lowest BCUT2D eigenvalue weighted by Crippen LogP contribution is -2.53. The number of alkyl halides is 3. The van der Waals surface area contributed by atoms with Crippen molar-refractivity contribution in [3.63, 3.8) is 0 Å². The Hall–Kier alpha value is -2.60. The van der Waals surface area contributed by atoms with E-state index < -0.39 is 56.2 Å². The molecule has 1 saturated heterocycles. The SMILES string of the molecule is COc1ccc(CN([C@H]2C[C@@H](C)N(C(=O)O)[C@H]2COC2CC=C(OS(=O)(=O)C(F)(F)F)CC2)S(=O)(=O)N(C)C)cc1. The number of rotatable bonds is 11. The van der Waals surface area contributed by atoms with Crippen molar-refractivity contribution in [2.24, 2.45) is 0 Å². The maximum absolute atomic E-state index is 13.5. The lowest BCUT2D eigenvalue weighted by atomic mass is 10.0. The van der Waals surface area contributed by atoms with Gasteiger partial charge in [-0.3, -0.25) is 4.90 Å². The molecule has 12 nitrogen and oxygen atoms in total. The van der Waals surface area contributed by atoms with Crippen molar-refractivity contribution in [3.8, 4) is 5.75 Å². The summed E-state index contributed by atoms with van der Waals surface area (Å²) in [6.45, 7) is 1.42. The van der Waals surface area contributed by atoms with Crippen molar-refractivity contribution >= 4 is 26.4 Å². The van der Waals surface area contributed by atoms with Crippen LogP contribution in [0.15, 0.2) is 36.1 Å². The Balaban J connectivity index is 1.82. The Morgan fingerprint density at radius 2 is 1.78 bits per heavy atom. The summed E-state index contributed by atoms with van der Waals surface area (Å²) in [5, 5.41) is 9.96. The van der Waals surface area contributed by atoms with Gasteiger partial charge in [-0.15, -0.1) is 0 Å². The van der Waals surface area contributed by atoms with E-state index in [2.05, 4.69) is 4.18 Å². The predicted molar refractivity (Wildman–Crippen MR) is 140 cm³/mol. The molecule has 41 heavy (non-hydrogen) atoms. The molecule has 1 fully saturated rings. The second kappa shape index (κ2) is 12.7. The Kier molecular flexibility index (Phi) is 10.2. The minimum atomic E-state index is -5.79. The highest BCUT2D eigenvalue weighted by Crippen LogP contribution is 2.34. The highest BCUT2D eigenvalue weighted by atomic mass is 32.2. The van der Waals surface area contributed by atoms with E-state index in [1.54, 1.807) is 31.2 Å². The number of amides is 1. The lowest BCUT2D eigenvalue weighted by molar-refractivity contribution is -0.0527. The molecule has 4 atom stereocenters. The molecule has 0 saturated carbocycles. The summed E-state index contributed by atoms with van der Waals surface area (Å²) in [6, 6.07) is 4.55. The van der Waals surface area contributed by atoms with Crippen LogP contribution in [0.1, 0.15) is 38.2 Å². The second-order valence-electron chi connectivity index (χ2n) is 9.98. The first-order chi connectivity index (χ1) is 19.0. The van der Waals surface area contributed by atoms with Crippen molar-refractivity contribution in [2.75, 3.05) is 27.8 Å². The summed E-state index contributed by atoms with van der Waals surface area (Å²) >= 11 is 0. The van der Waals surface area contributed by atoms with Gasteiger partial charge in [0.2, 0.25) is 0 Å². The number of carbonyl (C=O) groups is 1. The van der Waals surface area contributed by atoms with Crippen LogP contribution in [-0.4, -0.2) is 99.1 Å². The van der Waals surface area contributed by atoms with E-state index in [9.17, 15) is 39.9 Å². The maximum atomic E-state index is 13.5. The summed E-state index contributed by atoms with van der Waals surface area (Å²) in [6.07, 6.45) is -0.458. The van der Waals surface area contributed by atoms with Gasteiger partial charge in [0.1, 0.15) is 11.5 Å². The van der Waals surface area contributed by atoms with E-state index in [-0.39, 0.29) is 44.6 Å². The van der Waals surface area contributed by atoms with Gasteiger partial charge in [0.05, 0.1) is 31.9 Å². The molecule has 1 aliphatic carbocycles. The zero-order valence-corrected chi connectivity index (χ0v) is 24.6. The van der Waals surface area contributed by atoms with Crippen LogP contribution in [0.4, 0.5) is 18.0 Å². The molecule has 1 N–H and O–H groups in total. The first-order valence-electron chi connectivity index (χ1n) is 12.6. The molecule has 0 radical (unpaired) electrons. The zero-order chi connectivity index (χ0) is 30.8. The molecule has 0 bridgehead atoms. The minimum Gasteiger partial charge on any atom is -0.497 e. The average Bonchev–Trinajstić information content (AvgIpc) is 3.21. The predicted octanol–water partition coefficient (Wildman–Crippen LogP) is 3.13. The Morgan fingerprint density at radius 1 is 1.15 bits per heavy atom. The first kappa shape index (κ1) is 32.9. The van der Waals surface area contributed by atoms with E-state index in [4.69, 9.17) is 9.47 Å². The normalized spacial score (nSPS) is 24.0. The largest absolute Gasteiger partial charge is 0.534 e. The number of methoxy groups -OCH3 is 1. The van der Waals surface area contributed by atoms with Crippen LogP contribution >= 0.6 is 0 Å². The number of ether oxygens (including phenoxy) is 2. The molecule has 1 amide bonds. The fourth-order valence-electron chi connectivity index (χ4n) is 4.89. The molecule has 1 aliphatic heterocycles. The third-order valence-corrected chi connectivity index (χ3v) is 9.94. The molecule has 3 rings (SSSR count). The van der Waals surface area contributed by atoms with Crippen molar-refractivity contribution in [1.82, 2.24) is 13.5 Å². The Labute approximate surface area is 237 Å². The zero-order valence-electron chi connectivity index (χ0n) is 22.9. The average molecular weight is 630 g/mol. The molecule has 1 unspecified atom stereocenters. The number of halogens is 3. The molecular weight excluding hydrogens is 595 g/mol. The summed E-state index contributed by atoms with van der Waals surface area (Å²) in [5.74, 6) is 0.226. The van der Waals surface area contributed by atoms with Gasteiger partial charge in [-0.05, 0) is 50.0 Å². The number of benzene rings is 1. The van der Waals surface area contributed by atoms with E-state index in [0.29, 0.717) is 11.3 Å². The number of hydrogen-bond acceptors (Lipinski definition) is 8. The smallest absolute Gasteiger partial charge is 0.497 e. The molecule has 0 aromatic heterocycles. The van der Waals surface area contributed by atoms with Crippen LogP contribution in [0.3, 0.4) is 0 Å². The molecule has 1 aromatic carbocycles. The molecule has 232 valence electrons. The van der Waals surface area contributed by atoms with Crippen molar-refractivity contribution < 1.29 is 53.6 Å². The van der Waals surface area contributed by atoms with Crippen LogP contribution in [-0.2, 0) is 35.8 Å². The van der Waals surface area contributed by atoms with Crippen LogP contribution in [0.2, 0.25) is 0 Å². The summed E-state index contributed by atoms with van der Waals surface area (Å²) in [4.78, 5) is 13.4. The van der Waals surface area contributed by atoms with Crippen LogP contribution < -0.4 is 4.74 Å². The van der Waals surface area contributed by atoms with Gasteiger partial charge < -0.3 is 18.8 Å². The van der Waals surface area contributed by atoms with Gasteiger partial charge in [0.15, 0.2) is 0 Å². The molecule has 1 heterocycles. The Morgan fingerprint density at radius 3 is 2.27 bits per heavy atom. The topological polar surface area (TPSA) is 143 Å². The van der Waals surface area contributed by atoms with Gasteiger partial charge in [0.25, 0.3) is 10.2 Å². The third kappa shape index (κ3) is 7.63. The highest BCUT2D eigenvalue weighted by molar-refractivity contribution is 7.87. The highest BCUT2D eigenvalue weighted by Gasteiger charge is 2.50. The maximum Gasteiger partial charge on any atom is 0.534 e. The Bertz CT molecular complexity index is 1320. The molecule has 0 spiro atoms. The number of hydrogen-bond donors (Lipinski definition) is 1. The number of nitrogens with zero attached hydrogens (tertiary/aromatic N) is 3. The van der Waals surface area contributed by atoms with Crippen molar-refractivity contribution in [3.05, 3.63) is 41.7 Å². The monoisotopic (exact) mass is 629 g/mol. The fraction of sp³-hybridized carbons (Fsp3) is 0.625.